The first-order chi connectivity index (χ1) is 4.84. The zero-order chi connectivity index (χ0) is 7.40. The molecule has 56 valence electrons. The number of carbonyl (C=O) groups is 1. The number of carbonyl (C=O) groups excluding carboxylic acids is 1. The molecule has 0 spiro atoms. The van der Waals surface area contributed by atoms with Crippen LogP contribution in [0.1, 0.15) is 19.3 Å². The zero-order valence-electron chi connectivity index (χ0n) is 5.67. The summed E-state index contributed by atoms with van der Waals surface area (Å²) in [5.41, 5.74) is 0.572. The lowest BCUT2D eigenvalue weighted by atomic mass is 10.1. The molecule has 1 rings (SSSR count). The number of thioether (sulfide) groups is 1. The van der Waals surface area contributed by atoms with Crippen LogP contribution in [0, 0.1) is 0 Å². The molecule has 0 bridgehead atoms. The van der Waals surface area contributed by atoms with Crippen molar-refractivity contribution in [1.29, 1.82) is 0 Å². The molecule has 1 heterocycles. The average molecular weight is 158 g/mol. The van der Waals surface area contributed by atoms with E-state index < -0.39 is 0 Å². The summed E-state index contributed by atoms with van der Waals surface area (Å²) in [6, 6.07) is 0. The van der Waals surface area contributed by atoms with Crippen LogP contribution >= 0.6 is 11.8 Å². The molecule has 0 aromatic rings. The van der Waals surface area contributed by atoms with Crippen LogP contribution in [0.2, 0.25) is 0 Å². The lowest BCUT2D eigenvalue weighted by Gasteiger charge is -1.94. The number of aliphatic hydroxyl groups excluding tert-OH is 1. The van der Waals surface area contributed by atoms with Gasteiger partial charge in [0.2, 0.25) is 5.12 Å². The number of hydrogen-bond donors (Lipinski definition) is 1. The summed E-state index contributed by atoms with van der Waals surface area (Å²) in [7, 11) is 0. The van der Waals surface area contributed by atoms with Gasteiger partial charge >= 0.3 is 0 Å². The van der Waals surface area contributed by atoms with Crippen LogP contribution in [0.25, 0.3) is 0 Å². The summed E-state index contributed by atoms with van der Waals surface area (Å²) in [5.74, 6) is 0.899. The Labute approximate surface area is 64.3 Å². The van der Waals surface area contributed by atoms with Gasteiger partial charge in [0.25, 0.3) is 0 Å². The zero-order valence-corrected chi connectivity index (χ0v) is 6.49. The van der Waals surface area contributed by atoms with E-state index in [1.807, 2.05) is 0 Å². The van der Waals surface area contributed by atoms with Gasteiger partial charge in [-0.05, 0) is 19.3 Å². The monoisotopic (exact) mass is 158 g/mol. The van der Waals surface area contributed by atoms with Crippen LogP contribution < -0.4 is 0 Å². The molecular formula is C7H10O2S. The highest BCUT2D eigenvalue weighted by Gasteiger charge is 2.13. The Kier molecular flexibility index (Phi) is 2.81. The Bertz CT molecular complexity index is 163. The molecule has 0 unspecified atom stereocenters. The van der Waals surface area contributed by atoms with Crippen LogP contribution in [0.5, 0.6) is 0 Å². The van der Waals surface area contributed by atoms with Crippen molar-refractivity contribution in [1.82, 2.24) is 0 Å². The highest BCUT2D eigenvalue weighted by molar-refractivity contribution is 8.14. The van der Waals surface area contributed by atoms with Gasteiger partial charge in [0.1, 0.15) is 0 Å². The second-order valence-electron chi connectivity index (χ2n) is 2.25. The fraction of sp³-hybridized carbons (Fsp3) is 0.571. The van der Waals surface area contributed by atoms with Crippen molar-refractivity contribution in [3.63, 3.8) is 0 Å². The summed E-state index contributed by atoms with van der Waals surface area (Å²) in [6.45, 7) is 0. The second-order valence-corrected chi connectivity index (χ2v) is 3.32. The highest BCUT2D eigenvalue weighted by atomic mass is 32.2. The van der Waals surface area contributed by atoms with E-state index in [9.17, 15) is 4.79 Å². The van der Waals surface area contributed by atoms with E-state index in [4.69, 9.17) is 5.11 Å². The van der Waals surface area contributed by atoms with Crippen molar-refractivity contribution in [3.05, 3.63) is 11.8 Å². The molecular weight excluding hydrogens is 148 g/mol. The Hall–Kier alpha value is -0.440. The maximum atomic E-state index is 11.0. The number of aliphatic hydroxyl groups is 1. The minimum atomic E-state index is 0.0417. The molecule has 1 aliphatic heterocycles. The van der Waals surface area contributed by atoms with E-state index in [1.54, 1.807) is 0 Å². The lowest BCUT2D eigenvalue weighted by molar-refractivity contribution is -0.108. The highest BCUT2D eigenvalue weighted by Crippen LogP contribution is 2.22. The summed E-state index contributed by atoms with van der Waals surface area (Å²) < 4.78 is 0. The molecule has 2 nitrogen and oxygen atoms in total. The standard InChI is InChI=1S/C7H10O2S/c8-5-6-3-1-2-4-10-7(6)9/h5,8H,1-4H2/b6-5-. The molecule has 0 aliphatic carbocycles. The van der Waals surface area contributed by atoms with Crippen LogP contribution in [-0.2, 0) is 4.79 Å². The molecule has 1 N–H and O–H groups in total. The van der Waals surface area contributed by atoms with Crippen molar-refractivity contribution >= 4 is 16.9 Å². The molecule has 10 heavy (non-hydrogen) atoms. The molecule has 3 heteroatoms. The van der Waals surface area contributed by atoms with Gasteiger partial charge in [0.15, 0.2) is 0 Å². The largest absolute Gasteiger partial charge is 0.515 e. The predicted octanol–water partition coefficient (Wildman–Crippen LogP) is 1.87. The summed E-state index contributed by atoms with van der Waals surface area (Å²) in [4.78, 5) is 11.0. The minimum absolute atomic E-state index is 0.0417. The van der Waals surface area contributed by atoms with Crippen molar-refractivity contribution < 1.29 is 9.90 Å². The lowest BCUT2D eigenvalue weighted by Crippen LogP contribution is -1.94. The van der Waals surface area contributed by atoms with Gasteiger partial charge in [-0.25, -0.2) is 0 Å². The normalized spacial score (nSPS) is 24.8. The van der Waals surface area contributed by atoms with E-state index in [2.05, 4.69) is 0 Å². The Morgan fingerprint density at radius 3 is 3.00 bits per heavy atom. The van der Waals surface area contributed by atoms with Gasteiger partial charge in [-0.3, -0.25) is 4.79 Å². The van der Waals surface area contributed by atoms with Gasteiger partial charge in [-0.15, -0.1) is 0 Å². The first-order valence-electron chi connectivity index (χ1n) is 3.35. The van der Waals surface area contributed by atoms with E-state index >= 15 is 0 Å². The number of rotatable bonds is 0. The van der Waals surface area contributed by atoms with Crippen LogP contribution in [0.4, 0.5) is 0 Å². The topological polar surface area (TPSA) is 37.3 Å². The van der Waals surface area contributed by atoms with Crippen molar-refractivity contribution in [2.24, 2.45) is 0 Å². The molecule has 1 fully saturated rings. The molecule has 0 saturated carbocycles. The first-order valence-corrected chi connectivity index (χ1v) is 4.33. The van der Waals surface area contributed by atoms with E-state index in [1.165, 1.54) is 11.8 Å². The fourth-order valence-corrected chi connectivity index (χ4v) is 1.77. The fourth-order valence-electron chi connectivity index (χ4n) is 0.894. The third kappa shape index (κ3) is 1.77. The van der Waals surface area contributed by atoms with Crippen LogP contribution in [0.15, 0.2) is 11.8 Å². The van der Waals surface area contributed by atoms with Gasteiger partial charge < -0.3 is 5.11 Å². The van der Waals surface area contributed by atoms with Crippen molar-refractivity contribution in [2.45, 2.75) is 19.3 Å². The van der Waals surface area contributed by atoms with Gasteiger partial charge in [0, 0.05) is 11.3 Å². The average Bonchev–Trinajstić information content (AvgIpc) is 2.13. The van der Waals surface area contributed by atoms with Gasteiger partial charge in [0.05, 0.1) is 6.26 Å². The van der Waals surface area contributed by atoms with Crippen LogP contribution in [0.3, 0.4) is 0 Å². The summed E-state index contributed by atoms with van der Waals surface area (Å²) in [5, 5.41) is 8.63. The number of hydrogen-bond acceptors (Lipinski definition) is 3. The maximum Gasteiger partial charge on any atom is 0.218 e. The quantitative estimate of drug-likeness (QED) is 0.432. The van der Waals surface area contributed by atoms with Gasteiger partial charge in [-0.2, -0.15) is 0 Å². The molecule has 0 aromatic heterocycles. The third-order valence-corrected chi connectivity index (χ3v) is 2.51. The molecule has 1 aliphatic rings. The predicted molar refractivity (Wildman–Crippen MR) is 42.0 cm³/mol. The molecule has 0 atom stereocenters. The van der Waals surface area contributed by atoms with Crippen LogP contribution in [-0.4, -0.2) is 16.0 Å². The summed E-state index contributed by atoms with van der Waals surface area (Å²) in [6.07, 6.45) is 3.78. The SMILES string of the molecule is O=C1SCCCC/C1=C/O. The van der Waals surface area contributed by atoms with E-state index in [0.29, 0.717) is 5.57 Å². The maximum absolute atomic E-state index is 11.0. The van der Waals surface area contributed by atoms with Gasteiger partial charge in [-0.1, -0.05) is 11.8 Å². The molecule has 0 aromatic carbocycles. The Morgan fingerprint density at radius 2 is 2.30 bits per heavy atom. The Balaban J connectivity index is 2.61. The van der Waals surface area contributed by atoms with Crippen molar-refractivity contribution in [2.75, 3.05) is 5.75 Å². The summed E-state index contributed by atoms with van der Waals surface area (Å²) >= 11 is 1.30. The molecule has 1 saturated heterocycles. The Morgan fingerprint density at radius 1 is 1.50 bits per heavy atom. The third-order valence-electron chi connectivity index (χ3n) is 1.49. The second kappa shape index (κ2) is 3.66. The first kappa shape index (κ1) is 7.66. The van der Waals surface area contributed by atoms with Crippen molar-refractivity contribution in [3.8, 4) is 0 Å². The smallest absolute Gasteiger partial charge is 0.218 e. The molecule has 0 amide bonds. The minimum Gasteiger partial charge on any atom is -0.515 e. The van der Waals surface area contributed by atoms with E-state index in [-0.39, 0.29) is 5.12 Å². The van der Waals surface area contributed by atoms with E-state index in [0.717, 1.165) is 31.3 Å². The molecule has 0 radical (unpaired) electrons.